The van der Waals surface area contributed by atoms with Gasteiger partial charge in [-0.25, -0.2) is 0 Å². The molecule has 0 radical (unpaired) electrons. The third-order valence-corrected chi connectivity index (χ3v) is 3.26. The third-order valence-electron chi connectivity index (χ3n) is 3.26. The number of hydrogen-bond acceptors (Lipinski definition) is 3. The Balaban J connectivity index is 1.84. The molecule has 0 amide bonds. The van der Waals surface area contributed by atoms with Gasteiger partial charge in [-0.2, -0.15) is 0 Å². The van der Waals surface area contributed by atoms with Gasteiger partial charge in [-0.15, -0.1) is 0 Å². The summed E-state index contributed by atoms with van der Waals surface area (Å²) >= 11 is 0. The molecule has 0 saturated heterocycles. The third kappa shape index (κ3) is 3.86. The van der Waals surface area contributed by atoms with Crippen LogP contribution in [-0.4, -0.2) is 30.5 Å². The van der Waals surface area contributed by atoms with E-state index in [4.69, 9.17) is 9.47 Å². The summed E-state index contributed by atoms with van der Waals surface area (Å²) in [5, 5.41) is 9.71. The predicted octanol–water partition coefficient (Wildman–Crippen LogP) is 2.60. The molecular weight excluding hydrogens is 228 g/mol. The highest BCUT2D eigenvalue weighted by Crippen LogP contribution is 2.24. The van der Waals surface area contributed by atoms with Crippen LogP contribution in [0.1, 0.15) is 24.8 Å². The monoisotopic (exact) mass is 248 g/mol. The van der Waals surface area contributed by atoms with Crippen LogP contribution in [0.3, 0.4) is 0 Å². The second kappa shape index (κ2) is 6.57. The van der Waals surface area contributed by atoms with Crippen molar-refractivity contribution in [3.05, 3.63) is 42.2 Å². The lowest BCUT2D eigenvalue weighted by atomic mass is 9.92. The first-order valence-corrected chi connectivity index (χ1v) is 6.36. The van der Waals surface area contributed by atoms with E-state index in [1.54, 1.807) is 13.4 Å². The van der Waals surface area contributed by atoms with E-state index in [2.05, 4.69) is 0 Å². The summed E-state index contributed by atoms with van der Waals surface area (Å²) in [4.78, 5) is 0. The highest BCUT2D eigenvalue weighted by Gasteiger charge is 2.28. The van der Waals surface area contributed by atoms with Crippen molar-refractivity contribution in [3.63, 3.8) is 0 Å². The fourth-order valence-electron chi connectivity index (χ4n) is 2.29. The van der Waals surface area contributed by atoms with Gasteiger partial charge in [-0.1, -0.05) is 30.3 Å². The minimum Gasteiger partial charge on any atom is -0.498 e. The molecule has 1 aromatic carbocycles. The van der Waals surface area contributed by atoms with Crippen LogP contribution in [0.15, 0.2) is 36.6 Å². The van der Waals surface area contributed by atoms with E-state index in [-0.39, 0.29) is 18.3 Å². The van der Waals surface area contributed by atoms with E-state index in [0.717, 1.165) is 12.0 Å². The highest BCUT2D eigenvalue weighted by molar-refractivity contribution is 5.47. The van der Waals surface area contributed by atoms with Gasteiger partial charge in [0, 0.05) is 20.0 Å². The number of hydrogen-bond donors (Lipinski definition) is 1. The summed E-state index contributed by atoms with van der Waals surface area (Å²) < 4.78 is 11.0. The molecule has 2 rings (SSSR count). The van der Waals surface area contributed by atoms with E-state index in [1.807, 2.05) is 36.4 Å². The first-order chi connectivity index (χ1) is 8.78. The highest BCUT2D eigenvalue weighted by atomic mass is 16.5. The van der Waals surface area contributed by atoms with Crippen molar-refractivity contribution >= 4 is 6.08 Å². The van der Waals surface area contributed by atoms with Crippen LogP contribution in [0.25, 0.3) is 6.08 Å². The van der Waals surface area contributed by atoms with Gasteiger partial charge in [0.1, 0.15) is 6.10 Å². The van der Waals surface area contributed by atoms with E-state index < -0.39 is 0 Å². The number of ether oxygens (including phenoxy) is 2. The lowest BCUT2D eigenvalue weighted by molar-refractivity contribution is -0.0465. The minimum atomic E-state index is -0.321. The molecule has 1 fully saturated rings. The second-order valence-electron chi connectivity index (χ2n) is 4.69. The molecule has 1 aromatic rings. The molecule has 3 heteroatoms. The maximum atomic E-state index is 9.71. The lowest BCUT2D eigenvalue weighted by Gasteiger charge is -2.30. The summed E-state index contributed by atoms with van der Waals surface area (Å²) in [5.41, 5.74) is 1.11. The summed E-state index contributed by atoms with van der Waals surface area (Å²) in [5.74, 6) is 0. The van der Waals surface area contributed by atoms with Crippen LogP contribution >= 0.6 is 0 Å². The molecule has 0 heterocycles. The Kier molecular flexibility index (Phi) is 4.79. The molecule has 3 atom stereocenters. The van der Waals surface area contributed by atoms with Gasteiger partial charge in [0.05, 0.1) is 18.5 Å². The van der Waals surface area contributed by atoms with Crippen molar-refractivity contribution < 1.29 is 14.6 Å². The van der Waals surface area contributed by atoms with E-state index in [1.165, 1.54) is 0 Å². The maximum Gasteiger partial charge on any atom is 0.103 e. The number of aliphatic hydroxyl groups excluding tert-OH is 1. The van der Waals surface area contributed by atoms with E-state index in [0.29, 0.717) is 12.8 Å². The Morgan fingerprint density at radius 3 is 2.56 bits per heavy atom. The van der Waals surface area contributed by atoms with Crippen molar-refractivity contribution in [2.45, 2.75) is 37.6 Å². The average molecular weight is 248 g/mol. The van der Waals surface area contributed by atoms with Crippen molar-refractivity contribution in [2.24, 2.45) is 0 Å². The lowest BCUT2D eigenvalue weighted by Crippen LogP contribution is -2.34. The largest absolute Gasteiger partial charge is 0.498 e. The molecule has 0 spiro atoms. The van der Waals surface area contributed by atoms with Crippen LogP contribution in [0.4, 0.5) is 0 Å². The van der Waals surface area contributed by atoms with Crippen molar-refractivity contribution in [1.82, 2.24) is 0 Å². The van der Waals surface area contributed by atoms with Crippen molar-refractivity contribution in [1.29, 1.82) is 0 Å². The molecule has 1 N–H and O–H groups in total. The predicted molar refractivity (Wildman–Crippen MR) is 71.0 cm³/mol. The molecule has 0 aromatic heterocycles. The van der Waals surface area contributed by atoms with Gasteiger partial charge in [0.2, 0.25) is 0 Å². The molecule has 18 heavy (non-hydrogen) atoms. The molecule has 1 aliphatic carbocycles. The first-order valence-electron chi connectivity index (χ1n) is 6.36. The normalized spacial score (nSPS) is 28.4. The van der Waals surface area contributed by atoms with E-state index >= 15 is 0 Å². The number of aliphatic hydroxyl groups is 1. The molecule has 3 unspecified atom stereocenters. The number of benzene rings is 1. The Labute approximate surface area is 108 Å². The quantitative estimate of drug-likeness (QED) is 0.832. The molecule has 3 nitrogen and oxygen atoms in total. The summed E-state index contributed by atoms with van der Waals surface area (Å²) in [6.07, 6.45) is 5.69. The average Bonchev–Trinajstić information content (AvgIpc) is 2.39. The Bertz CT molecular complexity index is 375. The fourth-order valence-corrected chi connectivity index (χ4v) is 2.29. The van der Waals surface area contributed by atoms with Crippen LogP contribution < -0.4 is 0 Å². The van der Waals surface area contributed by atoms with Crippen LogP contribution in [-0.2, 0) is 9.47 Å². The molecule has 1 aliphatic rings. The smallest absolute Gasteiger partial charge is 0.103 e. The van der Waals surface area contributed by atoms with Gasteiger partial charge < -0.3 is 14.6 Å². The maximum absolute atomic E-state index is 9.71. The standard InChI is InChI=1S/C15H20O3/c1-17-14-9-13(16)10-15(11-14)18-8-7-12-5-3-2-4-6-12/h2-8,13-16H,9-11H2,1H3/b8-7+. The second-order valence-corrected chi connectivity index (χ2v) is 4.69. The molecule has 98 valence electrons. The molecular formula is C15H20O3. The van der Waals surface area contributed by atoms with Crippen LogP contribution in [0.5, 0.6) is 0 Å². The Hall–Kier alpha value is -1.32. The fraction of sp³-hybridized carbons (Fsp3) is 0.467. The SMILES string of the molecule is COC1CC(O)CC(O/C=C/c2ccccc2)C1. The van der Waals surface area contributed by atoms with Gasteiger partial charge in [-0.3, -0.25) is 0 Å². The molecule has 0 aliphatic heterocycles. The minimum absolute atomic E-state index is 0.0404. The van der Waals surface area contributed by atoms with Crippen LogP contribution in [0.2, 0.25) is 0 Å². The van der Waals surface area contributed by atoms with Crippen molar-refractivity contribution in [2.75, 3.05) is 7.11 Å². The number of methoxy groups -OCH3 is 1. The van der Waals surface area contributed by atoms with Gasteiger partial charge in [-0.05, 0) is 18.1 Å². The zero-order valence-corrected chi connectivity index (χ0v) is 10.7. The summed E-state index contributed by atoms with van der Waals surface area (Å²) in [6, 6.07) is 10.0. The topological polar surface area (TPSA) is 38.7 Å². The molecule has 1 saturated carbocycles. The zero-order valence-electron chi connectivity index (χ0n) is 10.7. The Morgan fingerprint density at radius 1 is 1.11 bits per heavy atom. The zero-order chi connectivity index (χ0) is 12.8. The van der Waals surface area contributed by atoms with Crippen LogP contribution in [0, 0.1) is 0 Å². The van der Waals surface area contributed by atoms with E-state index in [9.17, 15) is 5.11 Å². The van der Waals surface area contributed by atoms with Crippen molar-refractivity contribution in [3.8, 4) is 0 Å². The van der Waals surface area contributed by atoms with Gasteiger partial charge in [0.15, 0.2) is 0 Å². The van der Waals surface area contributed by atoms with Gasteiger partial charge >= 0.3 is 0 Å². The molecule has 0 bridgehead atoms. The number of rotatable bonds is 4. The first kappa shape index (κ1) is 13.1. The Morgan fingerprint density at radius 2 is 1.83 bits per heavy atom. The van der Waals surface area contributed by atoms with Gasteiger partial charge in [0.25, 0.3) is 0 Å². The summed E-state index contributed by atoms with van der Waals surface area (Å²) in [7, 11) is 1.68. The summed E-state index contributed by atoms with van der Waals surface area (Å²) in [6.45, 7) is 0.